The molecule has 0 spiro atoms. The lowest BCUT2D eigenvalue weighted by Gasteiger charge is -2.19. The van der Waals surface area contributed by atoms with Crippen LogP contribution in [-0.2, 0) is 11.2 Å². The predicted molar refractivity (Wildman–Crippen MR) is 106 cm³/mol. The topological polar surface area (TPSA) is 35.5 Å². The first kappa shape index (κ1) is 20.0. The molecule has 26 heavy (non-hydrogen) atoms. The molecule has 0 radical (unpaired) electrons. The zero-order valence-corrected chi connectivity index (χ0v) is 16.2. The third-order valence-corrected chi connectivity index (χ3v) is 4.59. The van der Waals surface area contributed by atoms with Gasteiger partial charge in [-0.25, -0.2) is 4.79 Å². The van der Waals surface area contributed by atoms with Crippen LogP contribution in [0.5, 0.6) is 5.75 Å². The zero-order chi connectivity index (χ0) is 18.8. The average molecular weight is 354 g/mol. The summed E-state index contributed by atoms with van der Waals surface area (Å²) in [6, 6.07) is 15.8. The maximum atomic E-state index is 11.7. The molecule has 1 atom stereocenters. The number of carbonyl (C=O) groups excluding carboxylic acids is 1. The lowest BCUT2D eigenvalue weighted by molar-refractivity contribution is 0.0526. The molecule has 0 saturated heterocycles. The number of aryl methyl sites for hydroxylation is 1. The molecule has 2 aromatic carbocycles. The van der Waals surface area contributed by atoms with Gasteiger partial charge in [0.15, 0.2) is 0 Å². The van der Waals surface area contributed by atoms with Gasteiger partial charge in [-0.3, -0.25) is 0 Å². The van der Waals surface area contributed by atoms with Gasteiger partial charge in [-0.15, -0.1) is 0 Å². The van der Waals surface area contributed by atoms with Crippen molar-refractivity contribution in [3.63, 3.8) is 0 Å². The number of benzene rings is 2. The Balaban J connectivity index is 1.95. The Labute approximate surface area is 157 Å². The molecule has 0 fully saturated rings. The van der Waals surface area contributed by atoms with E-state index >= 15 is 0 Å². The summed E-state index contributed by atoms with van der Waals surface area (Å²) < 4.78 is 11.0. The van der Waals surface area contributed by atoms with Crippen LogP contribution in [0.1, 0.15) is 54.6 Å². The summed E-state index contributed by atoms with van der Waals surface area (Å²) in [5.41, 5.74) is 3.30. The second-order valence-electron chi connectivity index (χ2n) is 6.69. The van der Waals surface area contributed by atoms with Gasteiger partial charge in [-0.05, 0) is 68.0 Å². The summed E-state index contributed by atoms with van der Waals surface area (Å²) in [4.78, 5) is 11.7. The summed E-state index contributed by atoms with van der Waals surface area (Å²) in [7, 11) is 0. The quantitative estimate of drug-likeness (QED) is 0.521. The second-order valence-corrected chi connectivity index (χ2v) is 6.69. The van der Waals surface area contributed by atoms with Crippen molar-refractivity contribution in [2.45, 2.75) is 46.5 Å². The smallest absolute Gasteiger partial charge is 0.338 e. The van der Waals surface area contributed by atoms with E-state index in [2.05, 4.69) is 38.1 Å². The van der Waals surface area contributed by atoms with Crippen molar-refractivity contribution in [3.8, 4) is 5.75 Å². The Bertz CT molecular complexity index is 676. The van der Waals surface area contributed by atoms with E-state index in [-0.39, 0.29) is 5.97 Å². The van der Waals surface area contributed by atoms with Crippen molar-refractivity contribution in [2.75, 3.05) is 13.2 Å². The third-order valence-electron chi connectivity index (χ3n) is 4.59. The molecule has 0 aliphatic heterocycles. The highest BCUT2D eigenvalue weighted by atomic mass is 16.5. The van der Waals surface area contributed by atoms with E-state index in [4.69, 9.17) is 9.47 Å². The highest BCUT2D eigenvalue weighted by molar-refractivity contribution is 5.89. The van der Waals surface area contributed by atoms with Crippen molar-refractivity contribution >= 4 is 5.97 Å². The van der Waals surface area contributed by atoms with Gasteiger partial charge in [-0.2, -0.15) is 0 Å². The normalized spacial score (nSPS) is 11.8. The Morgan fingerprint density at radius 2 is 1.77 bits per heavy atom. The highest BCUT2D eigenvalue weighted by Crippen LogP contribution is 2.20. The van der Waals surface area contributed by atoms with E-state index in [1.165, 1.54) is 24.0 Å². The molecule has 0 N–H and O–H groups in total. The Morgan fingerprint density at radius 1 is 1.04 bits per heavy atom. The summed E-state index contributed by atoms with van der Waals surface area (Å²) in [6.45, 7) is 7.27. The Hall–Kier alpha value is -2.29. The summed E-state index contributed by atoms with van der Waals surface area (Å²) >= 11 is 0. The maximum Gasteiger partial charge on any atom is 0.338 e. The predicted octanol–water partition coefficient (Wildman–Crippen LogP) is 5.60. The first-order chi connectivity index (χ1) is 12.6. The molecule has 0 aromatic heterocycles. The molecule has 0 aliphatic rings. The molecule has 1 unspecified atom stereocenters. The fourth-order valence-corrected chi connectivity index (χ4v) is 3.00. The lowest BCUT2D eigenvalue weighted by atomic mass is 9.92. The standard InChI is InChI=1S/C23H30O3/c1-4-6-10-19(16-21-11-8-7-9-18(21)3)17-26-22-14-12-20(13-15-22)23(24)25-5-2/h7-9,11-15,19H,4-6,10,16-17H2,1-3H3. The molecule has 0 heterocycles. The summed E-state index contributed by atoms with van der Waals surface area (Å²) in [5.74, 6) is 0.990. The monoisotopic (exact) mass is 354 g/mol. The minimum absolute atomic E-state index is 0.292. The van der Waals surface area contributed by atoms with Crippen LogP contribution < -0.4 is 4.74 Å². The van der Waals surface area contributed by atoms with Crippen LogP contribution in [0.15, 0.2) is 48.5 Å². The minimum atomic E-state index is -0.292. The van der Waals surface area contributed by atoms with Gasteiger partial charge in [0.2, 0.25) is 0 Å². The van der Waals surface area contributed by atoms with E-state index in [0.29, 0.717) is 24.7 Å². The van der Waals surface area contributed by atoms with E-state index in [1.54, 1.807) is 19.1 Å². The molecule has 3 heteroatoms. The van der Waals surface area contributed by atoms with Gasteiger partial charge in [0.05, 0.1) is 18.8 Å². The molecule has 0 aliphatic carbocycles. The van der Waals surface area contributed by atoms with Crippen LogP contribution in [0, 0.1) is 12.8 Å². The van der Waals surface area contributed by atoms with Gasteiger partial charge in [-0.1, -0.05) is 44.0 Å². The van der Waals surface area contributed by atoms with Gasteiger partial charge in [0.1, 0.15) is 5.75 Å². The first-order valence-electron chi connectivity index (χ1n) is 9.58. The zero-order valence-electron chi connectivity index (χ0n) is 16.2. The molecule has 0 bridgehead atoms. The number of ether oxygens (including phenoxy) is 2. The van der Waals surface area contributed by atoms with E-state index in [0.717, 1.165) is 18.6 Å². The highest BCUT2D eigenvalue weighted by Gasteiger charge is 2.13. The van der Waals surface area contributed by atoms with Gasteiger partial charge >= 0.3 is 5.97 Å². The number of esters is 1. The average Bonchev–Trinajstić information content (AvgIpc) is 2.66. The summed E-state index contributed by atoms with van der Waals surface area (Å²) in [6.07, 6.45) is 4.60. The number of hydrogen-bond acceptors (Lipinski definition) is 3. The van der Waals surface area contributed by atoms with E-state index < -0.39 is 0 Å². The SMILES string of the molecule is CCCCC(COc1ccc(C(=O)OCC)cc1)Cc1ccccc1C. The second kappa shape index (κ2) is 10.6. The lowest BCUT2D eigenvalue weighted by Crippen LogP contribution is -2.15. The van der Waals surface area contributed by atoms with Crippen molar-refractivity contribution in [1.29, 1.82) is 0 Å². The van der Waals surface area contributed by atoms with Crippen LogP contribution in [0.3, 0.4) is 0 Å². The number of unbranched alkanes of at least 4 members (excludes halogenated alkanes) is 1. The Kier molecular flexibility index (Phi) is 8.20. The fraction of sp³-hybridized carbons (Fsp3) is 0.435. The van der Waals surface area contributed by atoms with Gasteiger partial charge in [0.25, 0.3) is 0 Å². The molecular weight excluding hydrogens is 324 g/mol. The number of hydrogen-bond donors (Lipinski definition) is 0. The third kappa shape index (κ3) is 6.21. The first-order valence-corrected chi connectivity index (χ1v) is 9.58. The molecule has 3 nitrogen and oxygen atoms in total. The molecule has 0 amide bonds. The van der Waals surface area contributed by atoms with Crippen LogP contribution >= 0.6 is 0 Å². The maximum absolute atomic E-state index is 11.7. The Morgan fingerprint density at radius 3 is 2.42 bits per heavy atom. The van der Waals surface area contributed by atoms with E-state index in [9.17, 15) is 4.79 Å². The van der Waals surface area contributed by atoms with Gasteiger partial charge in [0, 0.05) is 0 Å². The van der Waals surface area contributed by atoms with Crippen LogP contribution in [-0.4, -0.2) is 19.2 Å². The van der Waals surface area contributed by atoms with Crippen molar-refractivity contribution in [2.24, 2.45) is 5.92 Å². The van der Waals surface area contributed by atoms with Crippen molar-refractivity contribution < 1.29 is 14.3 Å². The molecule has 2 aromatic rings. The van der Waals surface area contributed by atoms with Crippen molar-refractivity contribution in [3.05, 3.63) is 65.2 Å². The molecule has 0 saturated carbocycles. The number of rotatable bonds is 10. The van der Waals surface area contributed by atoms with Crippen LogP contribution in [0.25, 0.3) is 0 Å². The molecule has 140 valence electrons. The number of carbonyl (C=O) groups is 1. The van der Waals surface area contributed by atoms with E-state index in [1.807, 2.05) is 12.1 Å². The van der Waals surface area contributed by atoms with Crippen LogP contribution in [0.2, 0.25) is 0 Å². The van der Waals surface area contributed by atoms with Crippen molar-refractivity contribution in [1.82, 2.24) is 0 Å². The minimum Gasteiger partial charge on any atom is -0.493 e. The fourth-order valence-electron chi connectivity index (χ4n) is 3.00. The molecular formula is C23H30O3. The van der Waals surface area contributed by atoms with Gasteiger partial charge < -0.3 is 9.47 Å². The molecule has 2 rings (SSSR count). The largest absolute Gasteiger partial charge is 0.493 e. The summed E-state index contributed by atoms with van der Waals surface area (Å²) in [5, 5.41) is 0. The van der Waals surface area contributed by atoms with Crippen LogP contribution in [0.4, 0.5) is 0 Å².